The summed E-state index contributed by atoms with van der Waals surface area (Å²) in [7, 11) is 1.71. The molecule has 1 fully saturated rings. The third-order valence-corrected chi connectivity index (χ3v) is 4.43. The fourth-order valence-electron chi connectivity index (χ4n) is 2.76. The largest absolute Gasteiger partial charge is 0.383 e. The van der Waals surface area contributed by atoms with E-state index in [4.69, 9.17) is 16.3 Å². The molecule has 2 unspecified atom stereocenters. The molecule has 1 heterocycles. The summed E-state index contributed by atoms with van der Waals surface area (Å²) >= 11 is 6.40. The Kier molecular flexibility index (Phi) is 5.87. The standard InChI is InChI=1S/C15H26ClN3O/c1-4-7-17-14(11(2)12-5-6-12)15-13(16)10-18-19(15)8-9-20-3/h10-12,14,17H,4-9H2,1-3H3. The van der Waals surface area contributed by atoms with Gasteiger partial charge in [0.15, 0.2) is 0 Å². The van der Waals surface area contributed by atoms with E-state index >= 15 is 0 Å². The van der Waals surface area contributed by atoms with Crippen LogP contribution in [0, 0.1) is 11.8 Å². The number of ether oxygens (including phenoxy) is 1. The van der Waals surface area contributed by atoms with Gasteiger partial charge in [0.05, 0.1) is 36.1 Å². The number of halogens is 1. The number of nitrogens with zero attached hydrogens (tertiary/aromatic N) is 2. The van der Waals surface area contributed by atoms with Gasteiger partial charge in [0.25, 0.3) is 0 Å². The predicted octanol–water partition coefficient (Wildman–Crippen LogP) is 3.27. The fraction of sp³-hybridized carbons (Fsp3) is 0.800. The lowest BCUT2D eigenvalue weighted by atomic mass is 9.93. The van der Waals surface area contributed by atoms with E-state index in [1.54, 1.807) is 13.3 Å². The molecule has 1 aliphatic carbocycles. The molecule has 1 aromatic rings. The highest BCUT2D eigenvalue weighted by atomic mass is 35.5. The Morgan fingerprint density at radius 1 is 1.55 bits per heavy atom. The molecular formula is C15H26ClN3O. The number of methoxy groups -OCH3 is 1. The summed E-state index contributed by atoms with van der Waals surface area (Å²) in [4.78, 5) is 0. The van der Waals surface area contributed by atoms with Crippen molar-refractivity contribution in [3.63, 3.8) is 0 Å². The highest BCUT2D eigenvalue weighted by molar-refractivity contribution is 6.31. The second-order valence-corrected chi connectivity index (χ2v) is 6.13. The smallest absolute Gasteiger partial charge is 0.0834 e. The van der Waals surface area contributed by atoms with Crippen molar-refractivity contribution < 1.29 is 4.74 Å². The summed E-state index contributed by atoms with van der Waals surface area (Å²) < 4.78 is 7.16. The monoisotopic (exact) mass is 299 g/mol. The number of hydrogen-bond donors (Lipinski definition) is 1. The summed E-state index contributed by atoms with van der Waals surface area (Å²) in [5, 5.41) is 8.84. The molecule has 0 bridgehead atoms. The Balaban J connectivity index is 2.19. The number of aromatic nitrogens is 2. The number of nitrogens with one attached hydrogen (secondary N) is 1. The van der Waals surface area contributed by atoms with Gasteiger partial charge in [-0.3, -0.25) is 4.68 Å². The summed E-state index contributed by atoms with van der Waals surface area (Å²) in [6, 6.07) is 0.286. The van der Waals surface area contributed by atoms with Gasteiger partial charge >= 0.3 is 0 Å². The van der Waals surface area contributed by atoms with Crippen LogP contribution >= 0.6 is 11.6 Å². The van der Waals surface area contributed by atoms with E-state index < -0.39 is 0 Å². The van der Waals surface area contributed by atoms with E-state index in [0.717, 1.165) is 36.1 Å². The van der Waals surface area contributed by atoms with Crippen LogP contribution in [0.2, 0.25) is 5.02 Å². The molecular weight excluding hydrogens is 274 g/mol. The van der Waals surface area contributed by atoms with E-state index in [9.17, 15) is 0 Å². The minimum atomic E-state index is 0.286. The van der Waals surface area contributed by atoms with Crippen LogP contribution in [-0.2, 0) is 11.3 Å². The first-order chi connectivity index (χ1) is 9.69. The minimum Gasteiger partial charge on any atom is -0.383 e. The molecule has 20 heavy (non-hydrogen) atoms. The summed E-state index contributed by atoms with van der Waals surface area (Å²) in [6.45, 7) is 6.93. The van der Waals surface area contributed by atoms with Gasteiger partial charge in [-0.2, -0.15) is 5.10 Å². The Labute approximate surface area is 126 Å². The molecule has 0 amide bonds. The van der Waals surface area contributed by atoms with Crippen LogP contribution in [0.25, 0.3) is 0 Å². The van der Waals surface area contributed by atoms with E-state index in [1.165, 1.54) is 12.8 Å². The first-order valence-corrected chi connectivity index (χ1v) is 8.00. The summed E-state index contributed by atoms with van der Waals surface area (Å²) in [6.07, 6.45) is 5.56. The molecule has 0 saturated heterocycles. The van der Waals surface area contributed by atoms with Crippen molar-refractivity contribution >= 4 is 11.6 Å². The van der Waals surface area contributed by atoms with Gasteiger partial charge in [-0.1, -0.05) is 25.4 Å². The lowest BCUT2D eigenvalue weighted by Crippen LogP contribution is -2.31. The Morgan fingerprint density at radius 2 is 2.30 bits per heavy atom. The second-order valence-electron chi connectivity index (χ2n) is 5.72. The normalized spacial score (nSPS) is 18.2. The average Bonchev–Trinajstić information content (AvgIpc) is 3.23. The lowest BCUT2D eigenvalue weighted by Gasteiger charge is -2.26. The average molecular weight is 300 g/mol. The Bertz CT molecular complexity index is 417. The molecule has 1 N–H and O–H groups in total. The van der Waals surface area contributed by atoms with Gasteiger partial charge in [0, 0.05) is 7.11 Å². The Hall–Kier alpha value is -0.580. The minimum absolute atomic E-state index is 0.286. The molecule has 0 radical (unpaired) electrons. The van der Waals surface area contributed by atoms with Crippen LogP contribution in [-0.4, -0.2) is 30.0 Å². The zero-order valence-corrected chi connectivity index (χ0v) is 13.5. The molecule has 2 atom stereocenters. The third kappa shape index (κ3) is 3.74. The molecule has 2 rings (SSSR count). The lowest BCUT2D eigenvalue weighted by molar-refractivity contribution is 0.180. The van der Waals surface area contributed by atoms with Gasteiger partial charge in [-0.15, -0.1) is 0 Å². The van der Waals surface area contributed by atoms with Crippen molar-refractivity contribution in [1.29, 1.82) is 0 Å². The van der Waals surface area contributed by atoms with Crippen molar-refractivity contribution in [3.05, 3.63) is 16.9 Å². The van der Waals surface area contributed by atoms with Gasteiger partial charge in [0.2, 0.25) is 0 Å². The van der Waals surface area contributed by atoms with Crippen LogP contribution in [0.4, 0.5) is 0 Å². The van der Waals surface area contributed by atoms with E-state index in [-0.39, 0.29) is 6.04 Å². The van der Waals surface area contributed by atoms with Crippen molar-refractivity contribution in [2.24, 2.45) is 11.8 Å². The maximum Gasteiger partial charge on any atom is 0.0834 e. The van der Waals surface area contributed by atoms with E-state index in [1.807, 2.05) is 4.68 Å². The molecule has 4 nitrogen and oxygen atoms in total. The zero-order valence-electron chi connectivity index (χ0n) is 12.7. The number of rotatable bonds is 9. The van der Waals surface area contributed by atoms with Crippen molar-refractivity contribution in [1.82, 2.24) is 15.1 Å². The number of hydrogen-bond acceptors (Lipinski definition) is 3. The highest BCUT2D eigenvalue weighted by Crippen LogP contribution is 2.43. The van der Waals surface area contributed by atoms with Crippen LogP contribution < -0.4 is 5.32 Å². The van der Waals surface area contributed by atoms with E-state index in [2.05, 4.69) is 24.3 Å². The van der Waals surface area contributed by atoms with Crippen LogP contribution in [0.5, 0.6) is 0 Å². The van der Waals surface area contributed by atoms with Gasteiger partial charge in [-0.25, -0.2) is 0 Å². The van der Waals surface area contributed by atoms with Crippen molar-refractivity contribution in [3.8, 4) is 0 Å². The molecule has 0 spiro atoms. The van der Waals surface area contributed by atoms with Gasteiger partial charge < -0.3 is 10.1 Å². The first kappa shape index (κ1) is 15.8. The van der Waals surface area contributed by atoms with E-state index in [0.29, 0.717) is 12.5 Å². The maximum atomic E-state index is 6.40. The molecule has 1 aliphatic rings. The zero-order chi connectivity index (χ0) is 14.5. The maximum absolute atomic E-state index is 6.40. The molecule has 114 valence electrons. The topological polar surface area (TPSA) is 39.1 Å². The fourth-order valence-corrected chi connectivity index (χ4v) is 3.02. The second kappa shape index (κ2) is 7.43. The molecule has 0 aromatic carbocycles. The molecule has 1 aromatic heterocycles. The molecule has 5 heteroatoms. The first-order valence-electron chi connectivity index (χ1n) is 7.62. The van der Waals surface area contributed by atoms with Crippen molar-refractivity contribution in [2.75, 3.05) is 20.3 Å². The quantitative estimate of drug-likeness (QED) is 0.760. The molecule has 0 aliphatic heterocycles. The molecule has 1 saturated carbocycles. The highest BCUT2D eigenvalue weighted by Gasteiger charge is 2.36. The Morgan fingerprint density at radius 3 is 2.90 bits per heavy atom. The van der Waals surface area contributed by atoms with Crippen molar-refractivity contribution in [2.45, 2.75) is 45.7 Å². The van der Waals surface area contributed by atoms with Gasteiger partial charge in [0.1, 0.15) is 0 Å². The van der Waals surface area contributed by atoms with Crippen LogP contribution in [0.1, 0.15) is 44.8 Å². The summed E-state index contributed by atoms with van der Waals surface area (Å²) in [5.41, 5.74) is 1.12. The SMILES string of the molecule is CCCNC(c1c(Cl)cnn1CCOC)C(C)C1CC1. The van der Waals surface area contributed by atoms with Crippen LogP contribution in [0.15, 0.2) is 6.20 Å². The predicted molar refractivity (Wildman–Crippen MR) is 82.0 cm³/mol. The van der Waals surface area contributed by atoms with Crippen LogP contribution in [0.3, 0.4) is 0 Å². The summed E-state index contributed by atoms with van der Waals surface area (Å²) in [5.74, 6) is 1.42. The third-order valence-electron chi connectivity index (χ3n) is 4.14. The van der Waals surface area contributed by atoms with Gasteiger partial charge in [-0.05, 0) is 37.6 Å².